The molecule has 2 N–H and O–H groups in total. The molecule has 1 aromatic rings. The molecule has 0 radical (unpaired) electrons. The van der Waals surface area contributed by atoms with E-state index in [9.17, 15) is 5.11 Å². The van der Waals surface area contributed by atoms with E-state index in [1.807, 2.05) is 6.07 Å². The molecule has 0 heterocycles. The van der Waals surface area contributed by atoms with Crippen molar-refractivity contribution >= 4 is 15.9 Å². The van der Waals surface area contributed by atoms with Crippen LogP contribution >= 0.6 is 15.9 Å². The van der Waals surface area contributed by atoms with Crippen LogP contribution in [-0.4, -0.2) is 23.9 Å². The third-order valence-corrected chi connectivity index (χ3v) is 2.92. The largest absolute Gasteiger partial charge is 0.507 e. The predicted molar refractivity (Wildman–Crippen MR) is 62.5 cm³/mol. The first-order chi connectivity index (χ1) is 7.11. The van der Waals surface area contributed by atoms with Gasteiger partial charge in [0.1, 0.15) is 11.5 Å². The fourth-order valence-corrected chi connectivity index (χ4v) is 2.26. The first-order valence-corrected chi connectivity index (χ1v) is 5.57. The molecule has 1 aromatic carbocycles. The Labute approximate surface area is 97.8 Å². The summed E-state index contributed by atoms with van der Waals surface area (Å²) in [5.41, 5.74) is 1.55. The van der Waals surface area contributed by atoms with Gasteiger partial charge in [-0.15, -0.1) is 0 Å². The van der Waals surface area contributed by atoms with Crippen molar-refractivity contribution in [2.24, 2.45) is 0 Å². The quantitative estimate of drug-likeness (QED) is 0.887. The van der Waals surface area contributed by atoms with Gasteiger partial charge < -0.3 is 14.9 Å². The van der Waals surface area contributed by atoms with Crippen molar-refractivity contribution in [2.45, 2.75) is 19.8 Å². The van der Waals surface area contributed by atoms with Crippen LogP contribution in [0.2, 0.25) is 0 Å². The van der Waals surface area contributed by atoms with Crippen LogP contribution in [0.5, 0.6) is 11.5 Å². The van der Waals surface area contributed by atoms with Crippen LogP contribution in [0.15, 0.2) is 10.5 Å². The highest BCUT2D eigenvalue weighted by atomic mass is 79.9. The van der Waals surface area contributed by atoms with Crippen LogP contribution in [0.4, 0.5) is 0 Å². The lowest BCUT2D eigenvalue weighted by molar-refractivity contribution is 0.288. The van der Waals surface area contributed by atoms with E-state index in [2.05, 4.69) is 15.9 Å². The van der Waals surface area contributed by atoms with Crippen molar-refractivity contribution in [2.75, 3.05) is 13.7 Å². The molecule has 0 aliphatic heterocycles. The lowest BCUT2D eigenvalue weighted by Crippen LogP contribution is -1.95. The molecule has 0 unspecified atom stereocenters. The Balaban J connectivity index is 3.10. The van der Waals surface area contributed by atoms with E-state index in [0.29, 0.717) is 18.6 Å². The molecule has 0 aromatic heterocycles. The average molecular weight is 275 g/mol. The van der Waals surface area contributed by atoms with Gasteiger partial charge in [-0.05, 0) is 47.3 Å². The van der Waals surface area contributed by atoms with Gasteiger partial charge in [0.05, 0.1) is 11.6 Å². The van der Waals surface area contributed by atoms with Crippen LogP contribution in [0, 0.1) is 6.92 Å². The molecule has 15 heavy (non-hydrogen) atoms. The molecule has 0 saturated heterocycles. The zero-order valence-corrected chi connectivity index (χ0v) is 10.5. The fraction of sp³-hybridized carbons (Fsp3) is 0.455. The number of benzene rings is 1. The summed E-state index contributed by atoms with van der Waals surface area (Å²) in [7, 11) is 1.57. The van der Waals surface area contributed by atoms with E-state index in [1.54, 1.807) is 14.0 Å². The van der Waals surface area contributed by atoms with E-state index in [-0.39, 0.29) is 12.4 Å². The SMILES string of the molecule is COc1c(Br)cc(CCCO)c(O)c1C. The molecule has 84 valence electrons. The minimum Gasteiger partial charge on any atom is -0.507 e. The highest BCUT2D eigenvalue weighted by Crippen LogP contribution is 2.37. The van der Waals surface area contributed by atoms with Gasteiger partial charge in [-0.1, -0.05) is 0 Å². The number of phenolic OH excluding ortho intramolecular Hbond substituents is 1. The monoisotopic (exact) mass is 274 g/mol. The predicted octanol–water partition coefficient (Wildman–Crippen LogP) is 2.40. The number of rotatable bonds is 4. The summed E-state index contributed by atoms with van der Waals surface area (Å²) in [5.74, 6) is 0.906. The minimum atomic E-state index is 0.127. The minimum absolute atomic E-state index is 0.127. The second-order valence-corrected chi connectivity index (χ2v) is 4.21. The molecule has 4 heteroatoms. The number of aliphatic hydroxyl groups excluding tert-OH is 1. The number of halogens is 1. The normalized spacial score (nSPS) is 10.4. The van der Waals surface area contributed by atoms with Gasteiger partial charge in [-0.25, -0.2) is 0 Å². The Bertz CT molecular complexity index is 350. The Morgan fingerprint density at radius 2 is 2.13 bits per heavy atom. The lowest BCUT2D eigenvalue weighted by atomic mass is 10.0. The molecule has 3 nitrogen and oxygen atoms in total. The van der Waals surface area contributed by atoms with Gasteiger partial charge in [0.25, 0.3) is 0 Å². The molecule has 0 spiro atoms. The van der Waals surface area contributed by atoms with Gasteiger partial charge in [-0.2, -0.15) is 0 Å². The molecule has 0 aliphatic rings. The molecular formula is C11H15BrO3. The first kappa shape index (κ1) is 12.3. The number of aliphatic hydroxyl groups is 1. The molecule has 0 saturated carbocycles. The molecule has 0 atom stereocenters. The standard InChI is InChI=1S/C11H15BrO3/c1-7-10(14)8(4-3-5-13)6-9(12)11(7)15-2/h6,13-14H,3-5H2,1-2H3. The molecule has 0 aliphatic carbocycles. The molecule has 1 rings (SSSR count). The van der Waals surface area contributed by atoms with Gasteiger partial charge in [-0.3, -0.25) is 0 Å². The maximum absolute atomic E-state index is 9.88. The number of aryl methyl sites for hydroxylation is 1. The van der Waals surface area contributed by atoms with Crippen molar-refractivity contribution in [3.63, 3.8) is 0 Å². The molecule has 0 fully saturated rings. The summed E-state index contributed by atoms with van der Waals surface area (Å²) in [6, 6.07) is 1.83. The van der Waals surface area contributed by atoms with Gasteiger partial charge in [0.2, 0.25) is 0 Å². The Morgan fingerprint density at radius 3 is 2.67 bits per heavy atom. The van der Waals surface area contributed by atoms with Crippen LogP contribution < -0.4 is 4.74 Å². The third kappa shape index (κ3) is 2.63. The summed E-state index contributed by atoms with van der Waals surface area (Å²) in [5, 5.41) is 18.6. The van der Waals surface area contributed by atoms with Crippen LogP contribution in [-0.2, 0) is 6.42 Å². The van der Waals surface area contributed by atoms with Crippen molar-refractivity contribution < 1.29 is 14.9 Å². The Morgan fingerprint density at radius 1 is 1.47 bits per heavy atom. The van der Waals surface area contributed by atoms with Crippen LogP contribution in [0.3, 0.4) is 0 Å². The lowest BCUT2D eigenvalue weighted by Gasteiger charge is -2.13. The van der Waals surface area contributed by atoms with Gasteiger partial charge in [0, 0.05) is 12.2 Å². The second-order valence-electron chi connectivity index (χ2n) is 3.35. The van der Waals surface area contributed by atoms with E-state index in [0.717, 1.165) is 15.6 Å². The highest BCUT2D eigenvalue weighted by Gasteiger charge is 2.13. The molecular weight excluding hydrogens is 260 g/mol. The zero-order valence-electron chi connectivity index (χ0n) is 8.88. The number of hydrogen-bond acceptors (Lipinski definition) is 3. The smallest absolute Gasteiger partial charge is 0.139 e. The second kappa shape index (κ2) is 5.37. The maximum Gasteiger partial charge on any atom is 0.139 e. The third-order valence-electron chi connectivity index (χ3n) is 2.33. The number of aromatic hydroxyl groups is 1. The number of methoxy groups -OCH3 is 1. The van der Waals surface area contributed by atoms with Crippen LogP contribution in [0.25, 0.3) is 0 Å². The number of hydrogen-bond donors (Lipinski definition) is 2. The van der Waals surface area contributed by atoms with E-state index < -0.39 is 0 Å². The molecule has 0 amide bonds. The summed E-state index contributed by atoms with van der Waals surface area (Å²) in [6.45, 7) is 1.93. The molecule has 0 bridgehead atoms. The fourth-order valence-electron chi connectivity index (χ4n) is 1.53. The number of ether oxygens (including phenoxy) is 1. The van der Waals surface area contributed by atoms with Crippen molar-refractivity contribution in [3.8, 4) is 11.5 Å². The highest BCUT2D eigenvalue weighted by molar-refractivity contribution is 9.10. The Hall–Kier alpha value is -0.740. The van der Waals surface area contributed by atoms with Gasteiger partial charge >= 0.3 is 0 Å². The first-order valence-electron chi connectivity index (χ1n) is 4.77. The maximum atomic E-state index is 9.88. The van der Waals surface area contributed by atoms with Crippen molar-refractivity contribution in [1.29, 1.82) is 0 Å². The van der Waals surface area contributed by atoms with Gasteiger partial charge in [0.15, 0.2) is 0 Å². The summed E-state index contributed by atoms with van der Waals surface area (Å²) < 4.78 is 5.99. The van der Waals surface area contributed by atoms with Crippen LogP contribution in [0.1, 0.15) is 17.5 Å². The Kier molecular flexibility index (Phi) is 4.42. The average Bonchev–Trinajstić information content (AvgIpc) is 2.22. The van der Waals surface area contributed by atoms with E-state index in [1.165, 1.54) is 0 Å². The van der Waals surface area contributed by atoms with Crippen molar-refractivity contribution in [3.05, 3.63) is 21.7 Å². The zero-order chi connectivity index (χ0) is 11.4. The summed E-state index contributed by atoms with van der Waals surface area (Å²) >= 11 is 3.39. The van der Waals surface area contributed by atoms with E-state index >= 15 is 0 Å². The number of phenols is 1. The summed E-state index contributed by atoms with van der Waals surface area (Å²) in [6.07, 6.45) is 1.30. The van der Waals surface area contributed by atoms with Crippen molar-refractivity contribution in [1.82, 2.24) is 0 Å². The topological polar surface area (TPSA) is 49.7 Å². The van der Waals surface area contributed by atoms with E-state index in [4.69, 9.17) is 9.84 Å². The summed E-state index contributed by atoms with van der Waals surface area (Å²) in [4.78, 5) is 0.